The maximum absolute atomic E-state index is 11.4. The number of carbonyl (C=O) groups excluding carboxylic acids is 2. The zero-order valence-electron chi connectivity index (χ0n) is 17.6. The first-order valence-electron chi connectivity index (χ1n) is 9.51. The molecular formula is C22H34O5. The number of esters is 2. The Morgan fingerprint density at radius 1 is 0.889 bits per heavy atom. The number of phenols is 1. The SMILES string of the molecule is COC(=O)CCCC(C)(C)c1ccc(O)c(C(C)(C)CCCC(=O)OC)c1. The van der Waals surface area contributed by atoms with E-state index in [0.29, 0.717) is 19.3 Å². The smallest absolute Gasteiger partial charge is 0.305 e. The van der Waals surface area contributed by atoms with Gasteiger partial charge in [0.25, 0.3) is 0 Å². The molecule has 0 fully saturated rings. The minimum atomic E-state index is -0.268. The Balaban J connectivity index is 2.91. The molecule has 152 valence electrons. The highest BCUT2D eigenvalue weighted by Gasteiger charge is 2.28. The van der Waals surface area contributed by atoms with Crippen LogP contribution in [-0.4, -0.2) is 31.3 Å². The third kappa shape index (κ3) is 6.89. The van der Waals surface area contributed by atoms with Crippen molar-refractivity contribution in [3.63, 3.8) is 0 Å². The lowest BCUT2D eigenvalue weighted by Crippen LogP contribution is -2.22. The summed E-state index contributed by atoms with van der Waals surface area (Å²) in [5.41, 5.74) is 1.61. The Bertz CT molecular complexity index is 646. The van der Waals surface area contributed by atoms with Gasteiger partial charge in [-0.25, -0.2) is 0 Å². The van der Waals surface area contributed by atoms with Gasteiger partial charge in [-0.15, -0.1) is 0 Å². The molecule has 1 rings (SSSR count). The fourth-order valence-corrected chi connectivity index (χ4v) is 3.33. The van der Waals surface area contributed by atoms with E-state index < -0.39 is 0 Å². The molecule has 0 atom stereocenters. The molecule has 0 saturated carbocycles. The van der Waals surface area contributed by atoms with Gasteiger partial charge in [0.15, 0.2) is 0 Å². The number of hydrogen-bond acceptors (Lipinski definition) is 5. The molecule has 0 aromatic heterocycles. The van der Waals surface area contributed by atoms with Crippen LogP contribution < -0.4 is 0 Å². The third-order valence-corrected chi connectivity index (χ3v) is 5.33. The molecule has 0 aliphatic rings. The van der Waals surface area contributed by atoms with E-state index in [-0.39, 0.29) is 28.5 Å². The minimum Gasteiger partial charge on any atom is -0.508 e. The number of carbonyl (C=O) groups is 2. The number of aromatic hydroxyl groups is 1. The number of hydrogen-bond donors (Lipinski definition) is 1. The second-order valence-electron chi connectivity index (χ2n) is 8.36. The summed E-state index contributed by atoms with van der Waals surface area (Å²) in [5, 5.41) is 10.4. The largest absolute Gasteiger partial charge is 0.508 e. The number of benzene rings is 1. The van der Waals surface area contributed by atoms with Gasteiger partial charge in [0, 0.05) is 12.8 Å². The van der Waals surface area contributed by atoms with Gasteiger partial charge in [0.05, 0.1) is 14.2 Å². The monoisotopic (exact) mass is 378 g/mol. The first kappa shape index (κ1) is 23.0. The molecule has 0 unspecified atom stereocenters. The van der Waals surface area contributed by atoms with Crippen LogP contribution in [0.5, 0.6) is 5.75 Å². The van der Waals surface area contributed by atoms with Crippen molar-refractivity contribution in [3.8, 4) is 5.75 Å². The molecule has 0 heterocycles. The first-order valence-corrected chi connectivity index (χ1v) is 9.51. The van der Waals surface area contributed by atoms with Gasteiger partial charge in [0.1, 0.15) is 5.75 Å². The normalized spacial score (nSPS) is 11.9. The second kappa shape index (κ2) is 9.77. The number of phenolic OH excluding ortho intramolecular Hbond substituents is 1. The topological polar surface area (TPSA) is 72.8 Å². The summed E-state index contributed by atoms with van der Waals surface area (Å²) >= 11 is 0. The van der Waals surface area contributed by atoms with E-state index in [1.807, 2.05) is 6.07 Å². The molecule has 5 heteroatoms. The molecule has 0 bridgehead atoms. The van der Waals surface area contributed by atoms with Crippen molar-refractivity contribution in [3.05, 3.63) is 29.3 Å². The summed E-state index contributed by atoms with van der Waals surface area (Å²) in [5.74, 6) is -0.133. The highest BCUT2D eigenvalue weighted by Crippen LogP contribution is 2.39. The summed E-state index contributed by atoms with van der Waals surface area (Å²) in [6, 6.07) is 5.75. The maximum atomic E-state index is 11.4. The van der Waals surface area contributed by atoms with E-state index in [9.17, 15) is 14.7 Å². The van der Waals surface area contributed by atoms with Gasteiger partial charge in [0.2, 0.25) is 0 Å². The van der Waals surface area contributed by atoms with Crippen LogP contribution in [0, 0.1) is 0 Å². The maximum Gasteiger partial charge on any atom is 0.305 e. The summed E-state index contributed by atoms with van der Waals surface area (Å²) in [6.45, 7) is 8.44. The first-order chi connectivity index (χ1) is 12.5. The average Bonchev–Trinajstić information content (AvgIpc) is 2.60. The fourth-order valence-electron chi connectivity index (χ4n) is 3.33. The number of ether oxygens (including phenoxy) is 2. The van der Waals surface area contributed by atoms with Gasteiger partial charge in [-0.05, 0) is 53.7 Å². The molecular weight excluding hydrogens is 344 g/mol. The molecule has 0 amide bonds. The Hall–Kier alpha value is -2.04. The Morgan fingerprint density at radius 2 is 1.37 bits per heavy atom. The van der Waals surface area contributed by atoms with E-state index >= 15 is 0 Å². The van der Waals surface area contributed by atoms with Crippen LogP contribution >= 0.6 is 0 Å². The van der Waals surface area contributed by atoms with Crippen LogP contribution in [0.25, 0.3) is 0 Å². The highest BCUT2D eigenvalue weighted by molar-refractivity contribution is 5.69. The summed E-state index contributed by atoms with van der Waals surface area (Å²) in [6.07, 6.45) is 3.84. The third-order valence-electron chi connectivity index (χ3n) is 5.33. The number of rotatable bonds is 10. The van der Waals surface area contributed by atoms with Gasteiger partial charge in [-0.3, -0.25) is 9.59 Å². The Morgan fingerprint density at radius 3 is 1.85 bits per heavy atom. The van der Waals surface area contributed by atoms with Crippen molar-refractivity contribution in [1.82, 2.24) is 0 Å². The minimum absolute atomic E-state index is 0.126. The van der Waals surface area contributed by atoms with E-state index in [2.05, 4.69) is 33.8 Å². The van der Waals surface area contributed by atoms with E-state index in [4.69, 9.17) is 9.47 Å². The van der Waals surface area contributed by atoms with Gasteiger partial charge in [-0.1, -0.05) is 39.8 Å². The summed E-state index contributed by atoms with van der Waals surface area (Å²) < 4.78 is 9.41. The zero-order chi connectivity index (χ0) is 20.7. The molecule has 0 saturated heterocycles. The van der Waals surface area contributed by atoms with E-state index in [1.54, 1.807) is 6.07 Å². The summed E-state index contributed by atoms with van der Waals surface area (Å²) in [7, 11) is 2.80. The lowest BCUT2D eigenvalue weighted by Gasteiger charge is -2.30. The number of methoxy groups -OCH3 is 2. The average molecular weight is 379 g/mol. The molecule has 1 N–H and O–H groups in total. The standard InChI is InChI=1S/C22H34O5/c1-21(2,13-7-9-19(24)26-5)16-11-12-18(23)17(15-16)22(3,4)14-8-10-20(25)27-6/h11-12,15,23H,7-10,13-14H2,1-6H3. The van der Waals surface area contributed by atoms with Crippen LogP contribution in [0.2, 0.25) is 0 Å². The molecule has 0 aliphatic heterocycles. The molecule has 1 aromatic rings. The van der Waals surface area contributed by atoms with Gasteiger partial charge in [-0.2, -0.15) is 0 Å². The molecule has 0 aliphatic carbocycles. The van der Waals surface area contributed by atoms with Crippen LogP contribution in [0.4, 0.5) is 0 Å². The van der Waals surface area contributed by atoms with Crippen LogP contribution in [0.15, 0.2) is 18.2 Å². The second-order valence-corrected chi connectivity index (χ2v) is 8.36. The van der Waals surface area contributed by atoms with Crippen molar-refractivity contribution < 1.29 is 24.2 Å². The van der Waals surface area contributed by atoms with Crippen molar-refractivity contribution in [2.24, 2.45) is 0 Å². The van der Waals surface area contributed by atoms with Gasteiger partial charge >= 0.3 is 11.9 Å². The molecule has 0 radical (unpaired) electrons. The van der Waals surface area contributed by atoms with Crippen LogP contribution in [0.1, 0.15) is 77.3 Å². The van der Waals surface area contributed by atoms with Crippen molar-refractivity contribution in [2.75, 3.05) is 14.2 Å². The van der Waals surface area contributed by atoms with Crippen molar-refractivity contribution >= 4 is 11.9 Å². The zero-order valence-corrected chi connectivity index (χ0v) is 17.6. The molecule has 1 aromatic carbocycles. The predicted molar refractivity (Wildman–Crippen MR) is 106 cm³/mol. The molecule has 27 heavy (non-hydrogen) atoms. The summed E-state index contributed by atoms with van der Waals surface area (Å²) in [4.78, 5) is 22.7. The molecule has 5 nitrogen and oxygen atoms in total. The quantitative estimate of drug-likeness (QED) is 0.601. The fraction of sp³-hybridized carbons (Fsp3) is 0.636. The van der Waals surface area contributed by atoms with E-state index in [1.165, 1.54) is 14.2 Å². The lowest BCUT2D eigenvalue weighted by atomic mass is 9.74. The predicted octanol–water partition coefficient (Wildman–Crippen LogP) is 4.63. The Labute approximate surface area is 163 Å². The van der Waals surface area contributed by atoms with E-state index in [0.717, 1.165) is 30.4 Å². The lowest BCUT2D eigenvalue weighted by molar-refractivity contribution is -0.141. The molecule has 0 spiro atoms. The van der Waals surface area contributed by atoms with Crippen molar-refractivity contribution in [2.45, 2.75) is 77.0 Å². The van der Waals surface area contributed by atoms with Crippen LogP contribution in [-0.2, 0) is 29.9 Å². The van der Waals surface area contributed by atoms with Gasteiger partial charge < -0.3 is 14.6 Å². The highest BCUT2D eigenvalue weighted by atomic mass is 16.5. The van der Waals surface area contributed by atoms with Crippen molar-refractivity contribution in [1.29, 1.82) is 0 Å². The Kier molecular flexibility index (Phi) is 8.32. The van der Waals surface area contributed by atoms with Crippen LogP contribution in [0.3, 0.4) is 0 Å².